The van der Waals surface area contributed by atoms with Crippen molar-refractivity contribution in [1.82, 2.24) is 4.90 Å². The van der Waals surface area contributed by atoms with Crippen molar-refractivity contribution in [3.63, 3.8) is 0 Å². The maximum absolute atomic E-state index is 12.6. The van der Waals surface area contributed by atoms with Crippen molar-refractivity contribution < 1.29 is 9.53 Å². The highest BCUT2D eigenvalue weighted by Gasteiger charge is 2.24. The number of nitrogens with zero attached hydrogens (tertiary/aromatic N) is 2. The highest BCUT2D eigenvalue weighted by atomic mass is 35.5. The zero-order chi connectivity index (χ0) is 19.2. The first-order chi connectivity index (χ1) is 13.1. The van der Waals surface area contributed by atoms with E-state index >= 15 is 0 Å². The molecule has 0 unspecified atom stereocenters. The second kappa shape index (κ2) is 8.79. The van der Waals surface area contributed by atoms with Gasteiger partial charge in [-0.1, -0.05) is 29.8 Å². The fourth-order valence-electron chi connectivity index (χ4n) is 3.35. The third-order valence-electron chi connectivity index (χ3n) is 4.84. The number of para-hydroxylation sites is 1. The van der Waals surface area contributed by atoms with E-state index in [9.17, 15) is 10.1 Å². The first kappa shape index (κ1) is 19.1. The molecule has 1 N–H and O–H groups in total. The molecule has 0 bridgehead atoms. The number of likely N-dealkylation sites (tertiary alicyclic amines) is 1. The van der Waals surface area contributed by atoms with Crippen LogP contribution in [0.25, 0.3) is 0 Å². The number of methoxy groups -OCH3 is 1. The zero-order valence-corrected chi connectivity index (χ0v) is 16.0. The summed E-state index contributed by atoms with van der Waals surface area (Å²) in [6.45, 7) is 1.39. The number of hydrogen-bond donors (Lipinski definition) is 1. The molecule has 1 fully saturated rings. The Morgan fingerprint density at radius 1 is 1.30 bits per heavy atom. The van der Waals surface area contributed by atoms with E-state index < -0.39 is 0 Å². The Balaban J connectivity index is 1.56. The second-order valence-electron chi connectivity index (χ2n) is 6.59. The molecule has 0 radical (unpaired) electrons. The van der Waals surface area contributed by atoms with Gasteiger partial charge in [-0.25, -0.2) is 0 Å². The molecule has 0 spiro atoms. The van der Waals surface area contributed by atoms with Gasteiger partial charge in [0, 0.05) is 29.7 Å². The van der Waals surface area contributed by atoms with Crippen molar-refractivity contribution in [3.05, 3.63) is 58.6 Å². The second-order valence-corrected chi connectivity index (χ2v) is 7.03. The summed E-state index contributed by atoms with van der Waals surface area (Å²) in [5.74, 6) is 0.858. The number of amides is 1. The molecule has 6 heteroatoms. The molecule has 2 aromatic rings. The number of carbonyl (C=O) groups is 1. The van der Waals surface area contributed by atoms with Crippen molar-refractivity contribution in [3.8, 4) is 11.8 Å². The van der Waals surface area contributed by atoms with Gasteiger partial charge in [0.1, 0.15) is 11.8 Å². The molecule has 1 heterocycles. The number of piperidine rings is 1. The quantitative estimate of drug-likeness (QED) is 0.851. The first-order valence-electron chi connectivity index (χ1n) is 8.96. The van der Waals surface area contributed by atoms with Gasteiger partial charge in [0.2, 0.25) is 5.91 Å². The van der Waals surface area contributed by atoms with E-state index in [-0.39, 0.29) is 11.9 Å². The van der Waals surface area contributed by atoms with E-state index in [0.29, 0.717) is 30.1 Å². The Morgan fingerprint density at radius 2 is 2.04 bits per heavy atom. The van der Waals surface area contributed by atoms with Gasteiger partial charge in [-0.15, -0.1) is 0 Å². The lowest BCUT2D eigenvalue weighted by molar-refractivity contribution is -0.131. The van der Waals surface area contributed by atoms with Gasteiger partial charge in [-0.2, -0.15) is 5.26 Å². The number of hydrogen-bond acceptors (Lipinski definition) is 4. The van der Waals surface area contributed by atoms with Crippen LogP contribution < -0.4 is 10.1 Å². The molecule has 140 valence electrons. The Bertz CT molecular complexity index is 855. The van der Waals surface area contributed by atoms with Gasteiger partial charge in [-0.3, -0.25) is 4.79 Å². The van der Waals surface area contributed by atoms with Crippen molar-refractivity contribution in [2.75, 3.05) is 25.5 Å². The van der Waals surface area contributed by atoms with Crippen LogP contribution in [0.3, 0.4) is 0 Å². The molecule has 0 saturated carbocycles. The summed E-state index contributed by atoms with van der Waals surface area (Å²) in [7, 11) is 1.62. The molecule has 27 heavy (non-hydrogen) atoms. The lowest BCUT2D eigenvalue weighted by Gasteiger charge is -2.33. The predicted molar refractivity (Wildman–Crippen MR) is 106 cm³/mol. The van der Waals surface area contributed by atoms with Crippen LogP contribution in [0.2, 0.25) is 5.02 Å². The van der Waals surface area contributed by atoms with Crippen molar-refractivity contribution in [2.45, 2.75) is 25.3 Å². The topological polar surface area (TPSA) is 65.4 Å². The number of rotatable bonds is 5. The molecule has 3 rings (SSSR count). The number of ether oxygens (including phenoxy) is 1. The van der Waals surface area contributed by atoms with E-state index in [1.54, 1.807) is 19.2 Å². The highest BCUT2D eigenvalue weighted by molar-refractivity contribution is 6.30. The number of nitriles is 1. The zero-order valence-electron chi connectivity index (χ0n) is 15.2. The molecule has 0 aliphatic carbocycles. The minimum absolute atomic E-state index is 0.113. The standard InChI is InChI=1S/C21H22ClN3O2/c1-27-20-5-3-2-4-15(20)13-21(26)25-10-8-18(9-11-25)24-19-7-6-17(22)12-16(19)14-23/h2-7,12,18,24H,8-11,13H2,1H3. The third-order valence-corrected chi connectivity index (χ3v) is 5.08. The molecule has 1 aliphatic heterocycles. The number of nitrogens with one attached hydrogen (secondary N) is 1. The Labute approximate surface area is 164 Å². The van der Waals surface area contributed by atoms with Crippen LogP contribution in [-0.4, -0.2) is 37.0 Å². The average Bonchev–Trinajstić information content (AvgIpc) is 2.70. The summed E-state index contributed by atoms with van der Waals surface area (Å²) in [5.41, 5.74) is 2.24. The first-order valence-corrected chi connectivity index (χ1v) is 9.34. The summed E-state index contributed by atoms with van der Waals surface area (Å²) in [6.07, 6.45) is 2.02. The Morgan fingerprint density at radius 3 is 2.74 bits per heavy atom. The largest absolute Gasteiger partial charge is 0.496 e. The molecule has 1 saturated heterocycles. The van der Waals surface area contributed by atoms with Crippen molar-refractivity contribution in [1.29, 1.82) is 5.26 Å². The van der Waals surface area contributed by atoms with Gasteiger partial charge in [0.05, 0.1) is 24.8 Å². The average molecular weight is 384 g/mol. The third kappa shape index (κ3) is 4.72. The van der Waals surface area contributed by atoms with E-state index in [2.05, 4.69) is 11.4 Å². The SMILES string of the molecule is COc1ccccc1CC(=O)N1CCC(Nc2ccc(Cl)cc2C#N)CC1. The molecule has 0 aromatic heterocycles. The maximum atomic E-state index is 12.6. The fourth-order valence-corrected chi connectivity index (χ4v) is 3.52. The Hall–Kier alpha value is -2.71. The van der Waals surface area contributed by atoms with Crippen molar-refractivity contribution in [2.24, 2.45) is 0 Å². The van der Waals surface area contributed by atoms with E-state index in [4.69, 9.17) is 16.3 Å². The van der Waals surface area contributed by atoms with Gasteiger partial charge in [-0.05, 0) is 37.1 Å². The molecular formula is C21H22ClN3O2. The van der Waals surface area contributed by atoms with Crippen LogP contribution in [0.1, 0.15) is 24.0 Å². The minimum Gasteiger partial charge on any atom is -0.496 e. The number of carbonyl (C=O) groups excluding carboxylic acids is 1. The van der Waals surface area contributed by atoms with Gasteiger partial charge >= 0.3 is 0 Å². The number of anilines is 1. The van der Waals surface area contributed by atoms with E-state index in [1.165, 1.54) is 0 Å². The summed E-state index contributed by atoms with van der Waals surface area (Å²) in [6, 6.07) is 15.3. The predicted octanol–water partition coefficient (Wildman–Crippen LogP) is 3.87. The molecule has 2 aromatic carbocycles. The molecule has 1 amide bonds. The van der Waals surface area contributed by atoms with E-state index in [0.717, 1.165) is 29.8 Å². The van der Waals surface area contributed by atoms with Crippen LogP contribution in [-0.2, 0) is 11.2 Å². The van der Waals surface area contributed by atoms with Gasteiger partial charge in [0.15, 0.2) is 0 Å². The van der Waals surface area contributed by atoms with Gasteiger partial charge in [0.25, 0.3) is 0 Å². The lowest BCUT2D eigenvalue weighted by atomic mass is 10.0. The lowest BCUT2D eigenvalue weighted by Crippen LogP contribution is -2.43. The molecule has 5 nitrogen and oxygen atoms in total. The number of benzene rings is 2. The minimum atomic E-state index is 0.113. The summed E-state index contributed by atoms with van der Waals surface area (Å²) >= 11 is 5.95. The van der Waals surface area contributed by atoms with Crippen LogP contribution in [0.5, 0.6) is 5.75 Å². The molecule has 1 aliphatic rings. The van der Waals surface area contributed by atoms with Gasteiger partial charge < -0.3 is 15.0 Å². The summed E-state index contributed by atoms with van der Waals surface area (Å²) in [5, 5.41) is 13.2. The molecule has 0 atom stereocenters. The smallest absolute Gasteiger partial charge is 0.227 e. The van der Waals surface area contributed by atoms with E-state index in [1.807, 2.05) is 35.2 Å². The normalized spacial score (nSPS) is 14.5. The fraction of sp³-hybridized carbons (Fsp3) is 0.333. The summed E-state index contributed by atoms with van der Waals surface area (Å²) < 4.78 is 5.33. The van der Waals surface area contributed by atoms with Crippen LogP contribution in [0.15, 0.2) is 42.5 Å². The van der Waals surface area contributed by atoms with Crippen LogP contribution >= 0.6 is 11.6 Å². The summed E-state index contributed by atoms with van der Waals surface area (Å²) in [4.78, 5) is 14.5. The van der Waals surface area contributed by atoms with Crippen LogP contribution in [0.4, 0.5) is 5.69 Å². The van der Waals surface area contributed by atoms with Crippen LogP contribution in [0, 0.1) is 11.3 Å². The molecular weight excluding hydrogens is 362 g/mol. The Kier molecular flexibility index (Phi) is 6.20. The monoisotopic (exact) mass is 383 g/mol. The highest BCUT2D eigenvalue weighted by Crippen LogP contribution is 2.24. The number of halogens is 1. The maximum Gasteiger partial charge on any atom is 0.227 e. The van der Waals surface area contributed by atoms with Crippen molar-refractivity contribution >= 4 is 23.2 Å².